The van der Waals surface area contributed by atoms with Crippen LogP contribution >= 0.6 is 0 Å². The Kier molecular flexibility index (Phi) is 6.35. The predicted molar refractivity (Wildman–Crippen MR) is 141 cm³/mol. The third-order valence-electron chi connectivity index (χ3n) is 8.25. The topological polar surface area (TPSA) is 0 Å². The van der Waals surface area contributed by atoms with E-state index >= 15 is 0 Å². The van der Waals surface area contributed by atoms with Crippen LogP contribution in [-0.2, 0) is 12.8 Å². The van der Waals surface area contributed by atoms with Gasteiger partial charge in [0.15, 0.2) is 0 Å². The fraction of sp³-hybridized carbons (Fsp3) is 0.448. The minimum absolute atomic E-state index is 0. The average molecular weight is 421 g/mol. The Morgan fingerprint density at radius 1 is 0.935 bits per heavy atom. The van der Waals surface area contributed by atoms with E-state index in [1.807, 2.05) is 0 Å². The molecule has 0 saturated heterocycles. The van der Waals surface area contributed by atoms with E-state index in [9.17, 15) is 0 Å². The van der Waals surface area contributed by atoms with Crippen LogP contribution in [0.5, 0.6) is 0 Å². The third kappa shape index (κ3) is 3.68. The van der Waals surface area contributed by atoms with Gasteiger partial charge in [0.1, 0.15) is 0 Å². The summed E-state index contributed by atoms with van der Waals surface area (Å²) in [4.78, 5) is 0. The van der Waals surface area contributed by atoms with Crippen LogP contribution in [0, 0.1) is 5.92 Å². The second kappa shape index (κ2) is 8.59. The number of aryl methyl sites for hydroxylation is 2. The first-order valence-corrected chi connectivity index (χ1v) is 15.2. The van der Waals surface area contributed by atoms with E-state index in [2.05, 4.69) is 82.4 Å². The van der Waals surface area contributed by atoms with Crippen molar-refractivity contribution in [3.8, 4) is 0 Å². The summed E-state index contributed by atoms with van der Waals surface area (Å²) in [6.07, 6.45) is 11.8. The Morgan fingerprint density at radius 3 is 2.35 bits per heavy atom. The maximum atomic E-state index is 2.73. The fourth-order valence-electron chi connectivity index (χ4n) is 6.51. The van der Waals surface area contributed by atoms with Crippen LogP contribution in [0.3, 0.4) is 0 Å². The molecule has 3 aliphatic rings. The second-order valence-electron chi connectivity index (χ2n) is 10.6. The third-order valence-corrected chi connectivity index (χ3v) is 12.4. The van der Waals surface area contributed by atoms with Crippen molar-refractivity contribution in [3.63, 3.8) is 0 Å². The van der Waals surface area contributed by atoms with Gasteiger partial charge in [0, 0.05) is 0 Å². The Bertz CT molecular complexity index is 1060. The molecule has 3 atom stereocenters. The van der Waals surface area contributed by atoms with E-state index in [-0.39, 0.29) is 18.9 Å². The van der Waals surface area contributed by atoms with E-state index in [1.54, 1.807) is 33.4 Å². The van der Waals surface area contributed by atoms with Gasteiger partial charge in [0.25, 0.3) is 0 Å². The Hall–Kier alpha value is -1.27. The molecule has 2 aromatic carbocycles. The van der Waals surface area contributed by atoms with E-state index in [1.165, 1.54) is 43.2 Å². The summed E-state index contributed by atoms with van der Waals surface area (Å²) < 4.78 is 0. The van der Waals surface area contributed by atoms with Gasteiger partial charge in [-0.25, -0.2) is 0 Å². The molecule has 0 radical (unpaired) electrons. The van der Waals surface area contributed by atoms with Crippen LogP contribution < -0.4 is 0 Å². The molecule has 3 unspecified atom stereocenters. The molecule has 0 aliphatic heterocycles. The Balaban J connectivity index is 0.00000231. The maximum absolute atomic E-state index is 2.73. The van der Waals surface area contributed by atoms with Crippen molar-refractivity contribution in [2.75, 3.05) is 0 Å². The quantitative estimate of drug-likeness (QED) is 0.441. The normalized spacial score (nSPS) is 22.2. The minimum atomic E-state index is -1.68. The molecule has 0 amide bonds. The zero-order valence-corrected chi connectivity index (χ0v) is 20.4. The Morgan fingerprint density at radius 2 is 1.61 bits per heavy atom. The number of hydrogen-bond donors (Lipinski definition) is 0. The fourth-order valence-corrected chi connectivity index (χ4v) is 10.3. The molecular formula is C29H37LiSi. The van der Waals surface area contributed by atoms with Crippen LogP contribution in [0.15, 0.2) is 48.6 Å². The summed E-state index contributed by atoms with van der Waals surface area (Å²) in [5.41, 5.74) is 14.0. The first-order chi connectivity index (χ1) is 14.4. The van der Waals surface area contributed by atoms with Gasteiger partial charge in [-0.05, 0) is 94.1 Å². The molecule has 0 N–H and O–H groups in total. The molecule has 31 heavy (non-hydrogen) atoms. The molecule has 3 aliphatic carbocycles. The van der Waals surface area contributed by atoms with Crippen LogP contribution in [0.25, 0.3) is 11.1 Å². The van der Waals surface area contributed by atoms with Crippen molar-refractivity contribution in [1.82, 2.24) is 0 Å². The summed E-state index contributed by atoms with van der Waals surface area (Å²) in [5.74, 6) is 0.663. The average Bonchev–Trinajstić information content (AvgIpc) is 3.42. The molecular weight excluding hydrogens is 383 g/mol. The van der Waals surface area contributed by atoms with Crippen molar-refractivity contribution in [3.05, 3.63) is 81.9 Å². The molecule has 0 aromatic heterocycles. The van der Waals surface area contributed by atoms with Crippen molar-refractivity contribution >= 4 is 38.1 Å². The van der Waals surface area contributed by atoms with Crippen molar-refractivity contribution in [2.45, 2.75) is 77.1 Å². The molecule has 0 spiro atoms. The second-order valence-corrected chi connectivity index (χ2v) is 15.5. The van der Waals surface area contributed by atoms with E-state index in [0.29, 0.717) is 17.0 Å². The molecule has 0 bridgehead atoms. The Labute approximate surface area is 202 Å². The van der Waals surface area contributed by atoms with E-state index in [4.69, 9.17) is 0 Å². The van der Waals surface area contributed by atoms with Gasteiger partial charge < -0.3 is 0 Å². The summed E-state index contributed by atoms with van der Waals surface area (Å²) in [7, 11) is -1.68. The SMILES string of the molecule is CCCC(C)C1=CC([Si](C)(C)C2C=C(C)c3ccccc32)c2cc3c(cc21)CCC3.[LiH]. The molecule has 0 fully saturated rings. The standard InChI is InChI=1S/C29H36Si.Li.H/c1-6-10-19(2)25-18-29(27-17-22-12-9-11-21(22)16-26(25)27)30(4,5)28-15-20(3)23-13-7-8-14-24(23)28;;/h7-8,13-19,28-29H,6,9-12H2,1-5H3;;. The first-order valence-electron chi connectivity index (χ1n) is 12.1. The number of benzene rings is 2. The van der Waals surface area contributed by atoms with Gasteiger partial charge in [-0.1, -0.05) is 81.9 Å². The van der Waals surface area contributed by atoms with E-state index in [0.717, 1.165) is 0 Å². The monoisotopic (exact) mass is 420 g/mol. The summed E-state index contributed by atoms with van der Waals surface area (Å²) in [6, 6.07) is 14.4. The molecule has 0 saturated carbocycles. The van der Waals surface area contributed by atoms with Gasteiger partial charge in [-0.15, -0.1) is 0 Å². The predicted octanol–water partition coefficient (Wildman–Crippen LogP) is 7.43. The van der Waals surface area contributed by atoms with E-state index < -0.39 is 8.07 Å². The van der Waals surface area contributed by atoms with Gasteiger partial charge in [0.05, 0.1) is 8.07 Å². The number of allylic oxidation sites excluding steroid dienone is 4. The number of fused-ring (bicyclic) bond motifs is 3. The van der Waals surface area contributed by atoms with Gasteiger partial charge in [-0.3, -0.25) is 0 Å². The van der Waals surface area contributed by atoms with Gasteiger partial charge in [0.2, 0.25) is 0 Å². The molecule has 2 aromatic rings. The van der Waals surface area contributed by atoms with Gasteiger partial charge >= 0.3 is 18.9 Å². The van der Waals surface area contributed by atoms with Crippen molar-refractivity contribution in [2.24, 2.45) is 5.92 Å². The first kappa shape index (κ1) is 22.9. The summed E-state index contributed by atoms with van der Waals surface area (Å²) in [6.45, 7) is 12.4. The van der Waals surface area contributed by atoms with Crippen LogP contribution in [0.2, 0.25) is 13.1 Å². The molecule has 5 rings (SSSR count). The number of hydrogen-bond acceptors (Lipinski definition) is 0. The van der Waals surface area contributed by atoms with Crippen molar-refractivity contribution in [1.29, 1.82) is 0 Å². The van der Waals surface area contributed by atoms with Crippen LogP contribution in [-0.4, -0.2) is 26.9 Å². The van der Waals surface area contributed by atoms with Crippen LogP contribution in [0.4, 0.5) is 0 Å². The zero-order chi connectivity index (χ0) is 21.0. The van der Waals surface area contributed by atoms with Gasteiger partial charge in [-0.2, -0.15) is 0 Å². The van der Waals surface area contributed by atoms with Crippen LogP contribution in [0.1, 0.15) is 84.5 Å². The summed E-state index contributed by atoms with van der Waals surface area (Å²) in [5, 5.41) is 0. The molecule has 2 heteroatoms. The van der Waals surface area contributed by atoms with Crippen molar-refractivity contribution < 1.29 is 0 Å². The number of rotatable bonds is 5. The zero-order valence-electron chi connectivity index (χ0n) is 19.4. The molecule has 0 nitrogen and oxygen atoms in total. The molecule has 158 valence electrons. The summed E-state index contributed by atoms with van der Waals surface area (Å²) >= 11 is 0. The molecule has 0 heterocycles.